The fourth-order valence-corrected chi connectivity index (χ4v) is 4.75. The highest BCUT2D eigenvalue weighted by atomic mass is 32.2. The van der Waals surface area contributed by atoms with E-state index in [0.717, 1.165) is 12.8 Å². The largest absolute Gasteiger partial charge is 0.466 e. The van der Waals surface area contributed by atoms with Crippen LogP contribution in [0, 0.1) is 0 Å². The van der Waals surface area contributed by atoms with Crippen LogP contribution in [-0.2, 0) is 26.2 Å². The molecule has 2 rings (SSSR count). The van der Waals surface area contributed by atoms with Crippen LogP contribution in [0.3, 0.4) is 0 Å². The lowest BCUT2D eigenvalue weighted by molar-refractivity contribution is -0.145. The molecule has 0 atom stereocenters. The summed E-state index contributed by atoms with van der Waals surface area (Å²) in [6.07, 6.45) is 8.54. The van der Waals surface area contributed by atoms with Crippen LogP contribution in [0.5, 0.6) is 0 Å². The minimum Gasteiger partial charge on any atom is -0.466 e. The molecule has 0 saturated carbocycles. The molecule has 1 aromatic carbocycles. The van der Waals surface area contributed by atoms with Crippen molar-refractivity contribution in [2.24, 2.45) is 0 Å². The average molecular weight is 426 g/mol. The van der Waals surface area contributed by atoms with Crippen molar-refractivity contribution in [2.75, 3.05) is 24.4 Å². The second kappa shape index (κ2) is 11.5. The zero-order chi connectivity index (χ0) is 21.2. The lowest BCUT2D eigenvalue weighted by atomic mass is 9.90. The molecule has 0 aliphatic carbocycles. The molecule has 7 nitrogen and oxygen atoms in total. The quantitative estimate of drug-likeness (QED) is 0.314. The number of ether oxygens (including phenoxy) is 1. The van der Waals surface area contributed by atoms with E-state index < -0.39 is 21.7 Å². The maximum atomic E-state index is 12.5. The van der Waals surface area contributed by atoms with Crippen molar-refractivity contribution in [3.63, 3.8) is 0 Å². The molecule has 1 aromatic rings. The number of aryl methyl sites for hydroxylation is 1. The number of esters is 1. The molecule has 1 heterocycles. The number of hydrogen-bond donors (Lipinski definition) is 3. The Bertz CT molecular complexity index is 731. The van der Waals surface area contributed by atoms with Crippen molar-refractivity contribution >= 4 is 21.9 Å². The highest BCUT2D eigenvalue weighted by molar-refractivity contribution is 7.90. The number of carbonyl (C=O) groups is 1. The fourth-order valence-electron chi connectivity index (χ4n) is 3.46. The van der Waals surface area contributed by atoms with Crippen LogP contribution in [0.1, 0.15) is 64.4 Å². The summed E-state index contributed by atoms with van der Waals surface area (Å²) >= 11 is 0. The van der Waals surface area contributed by atoms with Crippen LogP contribution in [0.4, 0.5) is 5.69 Å². The zero-order valence-electron chi connectivity index (χ0n) is 17.6. The molecule has 3 N–H and O–H groups in total. The summed E-state index contributed by atoms with van der Waals surface area (Å²) in [7, 11) is -3.80. The van der Waals surface area contributed by atoms with E-state index in [1.165, 1.54) is 37.7 Å². The van der Waals surface area contributed by atoms with Gasteiger partial charge in [-0.3, -0.25) is 9.52 Å². The number of unbranched alkanes of at least 4 members (excludes halogenated alkanes) is 5. The minimum absolute atomic E-state index is 0.00590. The zero-order valence-corrected chi connectivity index (χ0v) is 18.4. The summed E-state index contributed by atoms with van der Waals surface area (Å²) in [5, 5.41) is 3.02. The lowest BCUT2D eigenvalue weighted by Crippen LogP contribution is -2.70. The topological polar surface area (TPSA) is 96.5 Å². The number of carbonyl (C=O) groups excluding carboxylic acids is 1. The van der Waals surface area contributed by atoms with Crippen molar-refractivity contribution < 1.29 is 17.9 Å². The van der Waals surface area contributed by atoms with Gasteiger partial charge in [0.05, 0.1) is 18.6 Å². The third-order valence-electron chi connectivity index (χ3n) is 5.09. The molecule has 0 bridgehead atoms. The number of rotatable bonds is 14. The van der Waals surface area contributed by atoms with Gasteiger partial charge in [-0.05, 0) is 37.5 Å². The van der Waals surface area contributed by atoms with Gasteiger partial charge in [-0.1, -0.05) is 51.2 Å². The predicted molar refractivity (Wildman–Crippen MR) is 116 cm³/mol. The summed E-state index contributed by atoms with van der Waals surface area (Å²) in [5.74, 6) is -0.407. The van der Waals surface area contributed by atoms with E-state index in [0.29, 0.717) is 18.8 Å². The number of anilines is 1. The molecule has 0 radical (unpaired) electrons. The van der Waals surface area contributed by atoms with Gasteiger partial charge in [0.1, 0.15) is 0 Å². The van der Waals surface area contributed by atoms with Gasteiger partial charge in [0.25, 0.3) is 10.2 Å². The third-order valence-corrected chi connectivity index (χ3v) is 6.30. The van der Waals surface area contributed by atoms with Gasteiger partial charge in [0.15, 0.2) is 0 Å². The summed E-state index contributed by atoms with van der Waals surface area (Å²) in [6, 6.07) is 7.48. The third kappa shape index (κ3) is 8.32. The van der Waals surface area contributed by atoms with E-state index in [-0.39, 0.29) is 13.0 Å². The van der Waals surface area contributed by atoms with Crippen LogP contribution < -0.4 is 14.8 Å². The molecular formula is C21H35N3O4S. The minimum atomic E-state index is -3.80. The van der Waals surface area contributed by atoms with Gasteiger partial charge in [0, 0.05) is 18.8 Å². The van der Waals surface area contributed by atoms with Crippen molar-refractivity contribution in [1.82, 2.24) is 10.0 Å². The Morgan fingerprint density at radius 2 is 1.72 bits per heavy atom. The second-order valence-corrected chi connectivity index (χ2v) is 9.20. The van der Waals surface area contributed by atoms with Crippen molar-refractivity contribution in [3.05, 3.63) is 29.8 Å². The first-order valence-corrected chi connectivity index (χ1v) is 12.1. The van der Waals surface area contributed by atoms with Crippen LogP contribution in [0.15, 0.2) is 24.3 Å². The normalized spacial score (nSPS) is 15.5. The molecule has 29 heavy (non-hydrogen) atoms. The van der Waals surface area contributed by atoms with E-state index in [1.807, 2.05) is 12.1 Å². The molecule has 1 saturated heterocycles. The molecule has 0 aromatic heterocycles. The van der Waals surface area contributed by atoms with Crippen LogP contribution in [-0.4, -0.2) is 39.6 Å². The first-order valence-electron chi connectivity index (χ1n) is 10.6. The Labute approximate surface area is 175 Å². The van der Waals surface area contributed by atoms with Gasteiger partial charge in [-0.15, -0.1) is 0 Å². The molecular weight excluding hydrogens is 390 g/mol. The standard InChI is InChI=1S/C21H35N3O4S/c1-3-5-6-7-8-9-10-18-11-13-19(14-12-18)23-29(26,27)24-21(16-22-17-21)15-20(25)28-4-2/h11-14,22-24H,3-10,15-17H2,1-2H3. The number of hydrogen-bond acceptors (Lipinski definition) is 5. The highest BCUT2D eigenvalue weighted by Crippen LogP contribution is 2.20. The van der Waals surface area contributed by atoms with Crippen molar-refractivity contribution in [1.29, 1.82) is 0 Å². The van der Waals surface area contributed by atoms with Crippen LogP contribution in [0.25, 0.3) is 0 Å². The van der Waals surface area contributed by atoms with Gasteiger partial charge in [-0.2, -0.15) is 13.1 Å². The predicted octanol–water partition coefficient (Wildman–Crippen LogP) is 3.13. The monoisotopic (exact) mass is 425 g/mol. The van der Waals surface area contributed by atoms with Crippen molar-refractivity contribution in [2.45, 2.75) is 70.8 Å². The first kappa shape index (κ1) is 23.6. The average Bonchev–Trinajstić information content (AvgIpc) is 2.64. The molecule has 8 heteroatoms. The van der Waals surface area contributed by atoms with E-state index in [1.54, 1.807) is 19.1 Å². The Hall–Kier alpha value is -1.64. The maximum Gasteiger partial charge on any atom is 0.307 e. The van der Waals surface area contributed by atoms with E-state index in [2.05, 4.69) is 21.7 Å². The second-order valence-electron chi connectivity index (χ2n) is 7.79. The molecule has 1 fully saturated rings. The van der Waals surface area contributed by atoms with E-state index in [4.69, 9.17) is 4.74 Å². The SMILES string of the molecule is CCCCCCCCc1ccc(NS(=O)(=O)NC2(CC(=O)OCC)CNC2)cc1. The van der Waals surface area contributed by atoms with Gasteiger partial charge in [-0.25, -0.2) is 0 Å². The van der Waals surface area contributed by atoms with Crippen LogP contribution in [0.2, 0.25) is 0 Å². The molecule has 164 valence electrons. The Kier molecular flexibility index (Phi) is 9.39. The number of benzene rings is 1. The summed E-state index contributed by atoms with van der Waals surface area (Å²) < 4.78 is 35.2. The number of nitrogens with one attached hydrogen (secondary N) is 3. The molecule has 1 aliphatic heterocycles. The molecule has 0 spiro atoms. The van der Waals surface area contributed by atoms with E-state index >= 15 is 0 Å². The first-order chi connectivity index (χ1) is 13.9. The molecule has 0 unspecified atom stereocenters. The van der Waals surface area contributed by atoms with Gasteiger partial charge < -0.3 is 10.1 Å². The Balaban J connectivity index is 1.82. The Morgan fingerprint density at radius 3 is 2.31 bits per heavy atom. The summed E-state index contributed by atoms with van der Waals surface area (Å²) in [5.41, 5.74) is 0.872. The fraction of sp³-hybridized carbons (Fsp3) is 0.667. The van der Waals surface area contributed by atoms with Crippen molar-refractivity contribution in [3.8, 4) is 0 Å². The Morgan fingerprint density at radius 1 is 1.07 bits per heavy atom. The van der Waals surface area contributed by atoms with Gasteiger partial charge in [0.2, 0.25) is 0 Å². The highest BCUT2D eigenvalue weighted by Gasteiger charge is 2.42. The maximum absolute atomic E-state index is 12.5. The van der Waals surface area contributed by atoms with Gasteiger partial charge >= 0.3 is 5.97 Å². The lowest BCUT2D eigenvalue weighted by Gasteiger charge is -2.41. The smallest absolute Gasteiger partial charge is 0.307 e. The summed E-state index contributed by atoms with van der Waals surface area (Å²) in [4.78, 5) is 11.8. The van der Waals surface area contributed by atoms with Crippen LogP contribution >= 0.6 is 0 Å². The molecule has 0 amide bonds. The summed E-state index contributed by atoms with van der Waals surface area (Å²) in [6.45, 7) is 5.01. The van der Waals surface area contributed by atoms with E-state index in [9.17, 15) is 13.2 Å². The molecule has 1 aliphatic rings.